The fourth-order valence-corrected chi connectivity index (χ4v) is 2.57. The lowest BCUT2D eigenvalue weighted by Crippen LogP contribution is -1.89. The zero-order valence-electron chi connectivity index (χ0n) is 9.88. The SMILES string of the molecule is Clc1cccc(Nc2nc(-c3ccccn3)cs2)c1. The first-order valence-electron chi connectivity index (χ1n) is 5.71. The van der Waals surface area contributed by atoms with Crippen LogP contribution in [0.5, 0.6) is 0 Å². The highest BCUT2D eigenvalue weighted by Gasteiger charge is 2.05. The summed E-state index contributed by atoms with van der Waals surface area (Å²) in [5, 5.41) is 6.73. The molecule has 2 aromatic heterocycles. The van der Waals surface area contributed by atoms with Crippen LogP contribution in [0.4, 0.5) is 10.8 Å². The normalized spacial score (nSPS) is 10.4. The van der Waals surface area contributed by atoms with Crippen molar-refractivity contribution in [3.63, 3.8) is 0 Å². The summed E-state index contributed by atoms with van der Waals surface area (Å²) < 4.78 is 0. The van der Waals surface area contributed by atoms with Crippen molar-refractivity contribution in [2.45, 2.75) is 0 Å². The molecule has 0 radical (unpaired) electrons. The fourth-order valence-electron chi connectivity index (χ4n) is 1.65. The Kier molecular flexibility index (Phi) is 3.44. The molecular formula is C14H10ClN3S. The highest BCUT2D eigenvalue weighted by Crippen LogP contribution is 2.26. The molecule has 0 spiro atoms. The molecule has 94 valence electrons. The fraction of sp³-hybridized carbons (Fsp3) is 0. The van der Waals surface area contributed by atoms with Gasteiger partial charge in [-0.1, -0.05) is 23.7 Å². The van der Waals surface area contributed by atoms with E-state index in [0.29, 0.717) is 5.02 Å². The zero-order valence-corrected chi connectivity index (χ0v) is 11.4. The molecule has 3 aromatic rings. The first-order chi connectivity index (χ1) is 9.31. The third kappa shape index (κ3) is 2.92. The van der Waals surface area contributed by atoms with Crippen LogP contribution in [0.25, 0.3) is 11.4 Å². The Morgan fingerprint density at radius 2 is 2.00 bits per heavy atom. The van der Waals surface area contributed by atoms with Crippen LogP contribution >= 0.6 is 22.9 Å². The van der Waals surface area contributed by atoms with Crippen molar-refractivity contribution in [2.75, 3.05) is 5.32 Å². The lowest BCUT2D eigenvalue weighted by atomic mass is 10.3. The largest absolute Gasteiger partial charge is 0.331 e. The maximum atomic E-state index is 5.95. The molecule has 0 unspecified atom stereocenters. The van der Waals surface area contributed by atoms with E-state index in [1.165, 1.54) is 11.3 Å². The summed E-state index contributed by atoms with van der Waals surface area (Å²) in [5.41, 5.74) is 2.67. The van der Waals surface area contributed by atoms with E-state index < -0.39 is 0 Å². The number of pyridine rings is 1. The molecule has 0 bridgehead atoms. The summed E-state index contributed by atoms with van der Waals surface area (Å²) in [4.78, 5) is 8.79. The minimum atomic E-state index is 0.700. The maximum absolute atomic E-state index is 5.95. The smallest absolute Gasteiger partial charge is 0.187 e. The molecule has 0 fully saturated rings. The van der Waals surface area contributed by atoms with Crippen LogP contribution in [0, 0.1) is 0 Å². The third-order valence-electron chi connectivity index (χ3n) is 2.51. The number of hydrogen-bond acceptors (Lipinski definition) is 4. The predicted molar refractivity (Wildman–Crippen MR) is 80.1 cm³/mol. The minimum Gasteiger partial charge on any atom is -0.331 e. The molecule has 0 aliphatic rings. The predicted octanol–water partition coefficient (Wildman–Crippen LogP) is 4.60. The molecule has 0 saturated carbocycles. The lowest BCUT2D eigenvalue weighted by Gasteiger charge is -2.02. The molecular weight excluding hydrogens is 278 g/mol. The van der Waals surface area contributed by atoms with Crippen molar-refractivity contribution in [3.8, 4) is 11.4 Å². The summed E-state index contributed by atoms with van der Waals surface area (Å²) >= 11 is 7.48. The molecule has 0 aliphatic carbocycles. The molecule has 1 N–H and O–H groups in total. The van der Waals surface area contributed by atoms with Gasteiger partial charge < -0.3 is 5.32 Å². The van der Waals surface area contributed by atoms with Gasteiger partial charge in [0.05, 0.1) is 5.69 Å². The molecule has 3 nitrogen and oxygen atoms in total. The van der Waals surface area contributed by atoms with E-state index in [9.17, 15) is 0 Å². The van der Waals surface area contributed by atoms with Gasteiger partial charge in [-0.3, -0.25) is 4.98 Å². The number of aromatic nitrogens is 2. The number of benzene rings is 1. The Bertz CT molecular complexity index is 682. The number of nitrogens with one attached hydrogen (secondary N) is 1. The van der Waals surface area contributed by atoms with Gasteiger partial charge in [-0.2, -0.15) is 0 Å². The summed E-state index contributed by atoms with van der Waals surface area (Å²) in [5.74, 6) is 0. The van der Waals surface area contributed by atoms with Gasteiger partial charge in [0, 0.05) is 22.3 Å². The van der Waals surface area contributed by atoms with Crippen LogP contribution in [0.1, 0.15) is 0 Å². The Morgan fingerprint density at radius 3 is 2.79 bits per heavy atom. The van der Waals surface area contributed by atoms with Crippen LogP contribution < -0.4 is 5.32 Å². The van der Waals surface area contributed by atoms with Gasteiger partial charge in [-0.05, 0) is 30.3 Å². The number of halogens is 1. The second kappa shape index (κ2) is 5.38. The first-order valence-corrected chi connectivity index (χ1v) is 6.96. The van der Waals surface area contributed by atoms with Gasteiger partial charge in [-0.15, -0.1) is 11.3 Å². The quantitative estimate of drug-likeness (QED) is 0.765. The molecule has 3 rings (SSSR count). The Labute approximate surface area is 119 Å². The number of rotatable bonds is 3. The van der Waals surface area contributed by atoms with Gasteiger partial charge in [0.2, 0.25) is 0 Å². The van der Waals surface area contributed by atoms with Gasteiger partial charge >= 0.3 is 0 Å². The maximum Gasteiger partial charge on any atom is 0.187 e. The Hall–Kier alpha value is -1.91. The lowest BCUT2D eigenvalue weighted by molar-refractivity contribution is 1.28. The summed E-state index contributed by atoms with van der Waals surface area (Å²) in [7, 11) is 0. The van der Waals surface area contributed by atoms with E-state index in [4.69, 9.17) is 11.6 Å². The van der Waals surface area contributed by atoms with Crippen LogP contribution in [-0.4, -0.2) is 9.97 Å². The van der Waals surface area contributed by atoms with Crippen molar-refractivity contribution < 1.29 is 0 Å². The van der Waals surface area contributed by atoms with E-state index in [-0.39, 0.29) is 0 Å². The van der Waals surface area contributed by atoms with Crippen molar-refractivity contribution in [1.29, 1.82) is 0 Å². The average molecular weight is 288 g/mol. The van der Waals surface area contributed by atoms with Gasteiger partial charge in [-0.25, -0.2) is 4.98 Å². The number of hydrogen-bond donors (Lipinski definition) is 1. The first kappa shape index (κ1) is 12.1. The minimum absolute atomic E-state index is 0.700. The van der Waals surface area contributed by atoms with E-state index in [0.717, 1.165) is 22.2 Å². The molecule has 1 aromatic carbocycles. The van der Waals surface area contributed by atoms with E-state index >= 15 is 0 Å². The van der Waals surface area contributed by atoms with E-state index in [1.807, 2.05) is 47.8 Å². The number of anilines is 2. The summed E-state index contributed by atoms with van der Waals surface area (Å²) in [6.45, 7) is 0. The second-order valence-corrected chi connectivity index (χ2v) is 5.18. The molecule has 0 amide bonds. The van der Waals surface area contributed by atoms with Crippen LogP contribution in [0.15, 0.2) is 54.0 Å². The van der Waals surface area contributed by atoms with Crippen molar-refractivity contribution in [2.24, 2.45) is 0 Å². The van der Waals surface area contributed by atoms with Gasteiger partial charge in [0.25, 0.3) is 0 Å². The Balaban J connectivity index is 1.82. The van der Waals surface area contributed by atoms with Gasteiger partial charge in [0.15, 0.2) is 5.13 Å². The number of nitrogens with zero attached hydrogens (tertiary/aromatic N) is 2. The van der Waals surface area contributed by atoms with Gasteiger partial charge in [0.1, 0.15) is 5.69 Å². The highest BCUT2D eigenvalue weighted by atomic mass is 35.5. The van der Waals surface area contributed by atoms with Crippen molar-refractivity contribution in [3.05, 3.63) is 59.1 Å². The molecule has 2 heterocycles. The molecule has 5 heteroatoms. The summed E-state index contributed by atoms with van der Waals surface area (Å²) in [6.07, 6.45) is 1.76. The van der Waals surface area contributed by atoms with E-state index in [1.54, 1.807) is 6.20 Å². The molecule has 0 aliphatic heterocycles. The monoisotopic (exact) mass is 287 g/mol. The third-order valence-corrected chi connectivity index (χ3v) is 3.50. The van der Waals surface area contributed by atoms with Crippen LogP contribution in [-0.2, 0) is 0 Å². The molecule has 0 saturated heterocycles. The zero-order chi connectivity index (χ0) is 13.1. The van der Waals surface area contributed by atoms with Crippen molar-refractivity contribution >= 4 is 33.8 Å². The highest BCUT2D eigenvalue weighted by molar-refractivity contribution is 7.14. The van der Waals surface area contributed by atoms with Crippen molar-refractivity contribution in [1.82, 2.24) is 9.97 Å². The summed E-state index contributed by atoms with van der Waals surface area (Å²) in [6, 6.07) is 13.3. The topological polar surface area (TPSA) is 37.8 Å². The molecule has 19 heavy (non-hydrogen) atoms. The Morgan fingerprint density at radius 1 is 1.05 bits per heavy atom. The average Bonchev–Trinajstić information content (AvgIpc) is 2.88. The van der Waals surface area contributed by atoms with E-state index in [2.05, 4.69) is 15.3 Å². The standard InChI is InChI=1S/C14H10ClN3S/c15-10-4-3-5-11(8-10)17-14-18-13(9-19-14)12-6-1-2-7-16-12/h1-9H,(H,17,18). The van der Waals surface area contributed by atoms with Crippen LogP contribution in [0.2, 0.25) is 5.02 Å². The van der Waals surface area contributed by atoms with Crippen LogP contribution in [0.3, 0.4) is 0 Å². The second-order valence-electron chi connectivity index (χ2n) is 3.89. The number of thiazole rings is 1. The molecule has 0 atom stereocenters.